The summed E-state index contributed by atoms with van der Waals surface area (Å²) in [5, 5.41) is 2.81. The molecule has 24 heavy (non-hydrogen) atoms. The van der Waals surface area contributed by atoms with Crippen molar-refractivity contribution >= 4 is 22.6 Å². The SMILES string of the molecule is CCOc1ccccc1NC(=O)Cn1c(=O)n(C)c2ccccc21. The first-order valence-corrected chi connectivity index (χ1v) is 7.77. The Morgan fingerprint density at radius 3 is 2.50 bits per heavy atom. The Bertz CT molecular complexity index is 940. The summed E-state index contributed by atoms with van der Waals surface area (Å²) < 4.78 is 8.50. The van der Waals surface area contributed by atoms with E-state index in [1.165, 1.54) is 9.13 Å². The van der Waals surface area contributed by atoms with Gasteiger partial charge in [-0.2, -0.15) is 0 Å². The van der Waals surface area contributed by atoms with E-state index >= 15 is 0 Å². The quantitative estimate of drug-likeness (QED) is 0.783. The van der Waals surface area contributed by atoms with Gasteiger partial charge in [-0.05, 0) is 31.2 Å². The fourth-order valence-electron chi connectivity index (χ4n) is 2.70. The van der Waals surface area contributed by atoms with Crippen molar-refractivity contribution in [1.29, 1.82) is 0 Å². The maximum Gasteiger partial charge on any atom is 0.329 e. The Morgan fingerprint density at radius 1 is 1.08 bits per heavy atom. The molecule has 3 aromatic rings. The predicted octanol–water partition coefficient (Wildman–Crippen LogP) is 2.38. The monoisotopic (exact) mass is 325 g/mol. The Morgan fingerprint density at radius 2 is 1.75 bits per heavy atom. The first-order valence-electron chi connectivity index (χ1n) is 7.77. The zero-order valence-corrected chi connectivity index (χ0v) is 13.7. The zero-order chi connectivity index (χ0) is 17.1. The average Bonchev–Trinajstić information content (AvgIpc) is 2.82. The molecule has 0 saturated heterocycles. The third kappa shape index (κ3) is 2.90. The van der Waals surface area contributed by atoms with Gasteiger partial charge in [0.25, 0.3) is 0 Å². The van der Waals surface area contributed by atoms with E-state index in [0.29, 0.717) is 18.0 Å². The molecule has 2 aromatic carbocycles. The average molecular weight is 325 g/mol. The van der Waals surface area contributed by atoms with Crippen LogP contribution in [0.5, 0.6) is 5.75 Å². The summed E-state index contributed by atoms with van der Waals surface area (Å²) in [4.78, 5) is 24.8. The molecule has 0 aliphatic rings. The number of anilines is 1. The van der Waals surface area contributed by atoms with Crippen LogP contribution in [-0.4, -0.2) is 21.6 Å². The van der Waals surface area contributed by atoms with E-state index in [1.54, 1.807) is 19.2 Å². The van der Waals surface area contributed by atoms with E-state index in [0.717, 1.165) is 11.0 Å². The zero-order valence-electron chi connectivity index (χ0n) is 13.7. The number of ether oxygens (including phenoxy) is 1. The van der Waals surface area contributed by atoms with Crippen LogP contribution in [0.2, 0.25) is 0 Å². The standard InChI is InChI=1S/C18H19N3O3/c1-3-24-16-11-7-4-8-13(16)19-17(22)12-21-15-10-6-5-9-14(15)20(2)18(21)23/h4-11H,3,12H2,1-2H3,(H,19,22). The summed E-state index contributed by atoms with van der Waals surface area (Å²) in [5.74, 6) is 0.333. The molecule has 3 rings (SSSR count). The second kappa shape index (κ2) is 6.62. The third-order valence-corrected chi connectivity index (χ3v) is 3.81. The second-order valence-electron chi connectivity index (χ2n) is 5.39. The van der Waals surface area contributed by atoms with Crippen molar-refractivity contribution in [2.24, 2.45) is 7.05 Å². The van der Waals surface area contributed by atoms with Gasteiger partial charge in [-0.3, -0.25) is 13.9 Å². The number of aryl methyl sites for hydroxylation is 1. The van der Waals surface area contributed by atoms with E-state index in [2.05, 4.69) is 5.32 Å². The molecule has 0 bridgehead atoms. The maximum absolute atomic E-state index is 12.4. The number of benzene rings is 2. The highest BCUT2D eigenvalue weighted by Crippen LogP contribution is 2.23. The van der Waals surface area contributed by atoms with Crippen molar-refractivity contribution in [2.45, 2.75) is 13.5 Å². The molecule has 124 valence electrons. The topological polar surface area (TPSA) is 65.3 Å². The van der Waals surface area contributed by atoms with Gasteiger partial charge < -0.3 is 10.1 Å². The number of fused-ring (bicyclic) bond motifs is 1. The highest BCUT2D eigenvalue weighted by Gasteiger charge is 2.14. The molecule has 0 unspecified atom stereocenters. The summed E-state index contributed by atoms with van der Waals surface area (Å²) in [6.45, 7) is 2.34. The molecule has 0 fully saturated rings. The number of nitrogens with zero attached hydrogens (tertiary/aromatic N) is 2. The molecule has 0 aliphatic carbocycles. The summed E-state index contributed by atoms with van der Waals surface area (Å²) in [6, 6.07) is 14.6. The van der Waals surface area contributed by atoms with Crippen LogP contribution in [0.1, 0.15) is 6.92 Å². The van der Waals surface area contributed by atoms with Crippen LogP contribution >= 0.6 is 0 Å². The maximum atomic E-state index is 12.4. The van der Waals surface area contributed by atoms with Crippen LogP contribution in [0.25, 0.3) is 11.0 Å². The molecule has 6 nitrogen and oxygen atoms in total. The minimum absolute atomic E-state index is 0.0549. The van der Waals surface area contributed by atoms with Gasteiger partial charge in [-0.25, -0.2) is 4.79 Å². The normalized spacial score (nSPS) is 10.8. The van der Waals surface area contributed by atoms with Crippen molar-refractivity contribution in [3.8, 4) is 5.75 Å². The van der Waals surface area contributed by atoms with Crippen LogP contribution in [0.4, 0.5) is 5.69 Å². The lowest BCUT2D eigenvalue weighted by molar-refractivity contribution is -0.116. The number of hydrogen-bond acceptors (Lipinski definition) is 3. The van der Waals surface area contributed by atoms with Crippen LogP contribution in [0.3, 0.4) is 0 Å². The van der Waals surface area contributed by atoms with Crippen LogP contribution in [-0.2, 0) is 18.4 Å². The van der Waals surface area contributed by atoms with Crippen LogP contribution in [0, 0.1) is 0 Å². The van der Waals surface area contributed by atoms with Crippen molar-refractivity contribution in [1.82, 2.24) is 9.13 Å². The Balaban J connectivity index is 1.87. The van der Waals surface area contributed by atoms with E-state index in [9.17, 15) is 9.59 Å². The van der Waals surface area contributed by atoms with Gasteiger partial charge in [0.2, 0.25) is 5.91 Å². The minimum Gasteiger partial charge on any atom is -0.492 e. The lowest BCUT2D eigenvalue weighted by Crippen LogP contribution is -2.28. The van der Waals surface area contributed by atoms with Gasteiger partial charge in [0, 0.05) is 7.05 Å². The second-order valence-corrected chi connectivity index (χ2v) is 5.39. The van der Waals surface area contributed by atoms with Crippen LogP contribution in [0.15, 0.2) is 53.3 Å². The Labute approximate surface area is 139 Å². The van der Waals surface area contributed by atoms with Crippen molar-refractivity contribution in [3.63, 3.8) is 0 Å². The molecule has 0 radical (unpaired) electrons. The number of rotatable bonds is 5. The number of aromatic nitrogens is 2. The fraction of sp³-hybridized carbons (Fsp3) is 0.222. The van der Waals surface area contributed by atoms with Crippen molar-refractivity contribution < 1.29 is 9.53 Å². The lowest BCUT2D eigenvalue weighted by atomic mass is 10.3. The number of amides is 1. The summed E-state index contributed by atoms with van der Waals surface area (Å²) >= 11 is 0. The summed E-state index contributed by atoms with van der Waals surface area (Å²) in [6.07, 6.45) is 0. The van der Waals surface area contributed by atoms with Gasteiger partial charge in [0.15, 0.2) is 0 Å². The molecule has 1 heterocycles. The number of imidazole rings is 1. The molecule has 0 saturated carbocycles. The summed E-state index contributed by atoms with van der Waals surface area (Å²) in [5.41, 5.74) is 1.91. The third-order valence-electron chi connectivity index (χ3n) is 3.81. The number of hydrogen-bond donors (Lipinski definition) is 1. The molecule has 0 atom stereocenters. The van der Waals surface area contributed by atoms with Crippen molar-refractivity contribution in [3.05, 3.63) is 59.0 Å². The van der Waals surface area contributed by atoms with E-state index in [1.807, 2.05) is 43.3 Å². The largest absolute Gasteiger partial charge is 0.492 e. The number of carbonyl (C=O) groups is 1. The van der Waals surface area contributed by atoms with E-state index in [4.69, 9.17) is 4.74 Å². The fourth-order valence-corrected chi connectivity index (χ4v) is 2.70. The molecular formula is C18H19N3O3. The predicted molar refractivity (Wildman–Crippen MR) is 93.4 cm³/mol. The van der Waals surface area contributed by atoms with Gasteiger partial charge in [-0.1, -0.05) is 24.3 Å². The molecule has 1 amide bonds. The highest BCUT2D eigenvalue weighted by atomic mass is 16.5. The first kappa shape index (κ1) is 15.9. The number of nitrogens with one attached hydrogen (secondary N) is 1. The number of para-hydroxylation sites is 4. The van der Waals surface area contributed by atoms with Gasteiger partial charge in [0.05, 0.1) is 23.3 Å². The van der Waals surface area contributed by atoms with Crippen molar-refractivity contribution in [2.75, 3.05) is 11.9 Å². The van der Waals surface area contributed by atoms with Gasteiger partial charge >= 0.3 is 5.69 Å². The Kier molecular flexibility index (Phi) is 4.37. The van der Waals surface area contributed by atoms with E-state index in [-0.39, 0.29) is 18.1 Å². The molecule has 1 N–H and O–H groups in total. The first-order chi connectivity index (χ1) is 11.6. The van der Waals surface area contributed by atoms with Crippen LogP contribution < -0.4 is 15.7 Å². The molecule has 6 heteroatoms. The van der Waals surface area contributed by atoms with E-state index < -0.39 is 0 Å². The number of carbonyl (C=O) groups excluding carboxylic acids is 1. The van der Waals surface area contributed by atoms with Gasteiger partial charge in [-0.15, -0.1) is 0 Å². The molecular weight excluding hydrogens is 306 g/mol. The molecule has 1 aromatic heterocycles. The van der Waals surface area contributed by atoms with Gasteiger partial charge in [0.1, 0.15) is 12.3 Å². The summed E-state index contributed by atoms with van der Waals surface area (Å²) in [7, 11) is 1.70. The molecule has 0 aliphatic heterocycles. The highest BCUT2D eigenvalue weighted by molar-refractivity contribution is 5.93. The Hall–Kier alpha value is -3.02. The molecule has 0 spiro atoms. The smallest absolute Gasteiger partial charge is 0.329 e. The minimum atomic E-state index is -0.277. The lowest BCUT2D eigenvalue weighted by Gasteiger charge is -2.11.